The van der Waals surface area contributed by atoms with Gasteiger partial charge in [0.15, 0.2) is 5.78 Å². The second kappa shape index (κ2) is 7.31. The van der Waals surface area contributed by atoms with Gasteiger partial charge in [-0.15, -0.1) is 0 Å². The molecule has 0 aromatic heterocycles. The van der Waals surface area contributed by atoms with E-state index in [4.69, 9.17) is 4.74 Å². The summed E-state index contributed by atoms with van der Waals surface area (Å²) in [5, 5.41) is 10.3. The zero-order chi connectivity index (χ0) is 17.0. The lowest BCUT2D eigenvalue weighted by Crippen LogP contribution is -2.32. The van der Waals surface area contributed by atoms with Gasteiger partial charge in [-0.1, -0.05) is 13.3 Å². The molecule has 1 aromatic rings. The number of benzene rings is 1. The third-order valence-corrected chi connectivity index (χ3v) is 3.82. The number of unbranched alkanes of at least 4 members (excludes halogenated alkanes) is 1. The summed E-state index contributed by atoms with van der Waals surface area (Å²) in [5.74, 6) is -0.314. The lowest BCUT2D eigenvalue weighted by molar-refractivity contribution is -0.126. The molecule has 5 heteroatoms. The normalized spacial score (nSPS) is 17.1. The highest BCUT2D eigenvalue weighted by atomic mass is 16.5. The van der Waals surface area contributed by atoms with Crippen LogP contribution in [0.15, 0.2) is 29.8 Å². The van der Waals surface area contributed by atoms with Gasteiger partial charge >= 0.3 is 0 Å². The molecule has 1 fully saturated rings. The number of ketones is 1. The van der Waals surface area contributed by atoms with E-state index in [2.05, 4.69) is 6.92 Å². The Hall–Kier alpha value is -2.30. The zero-order valence-corrected chi connectivity index (χ0v) is 13.8. The quantitative estimate of drug-likeness (QED) is 0.379. The number of aliphatic hydroxyl groups is 1. The molecule has 0 radical (unpaired) electrons. The third kappa shape index (κ3) is 3.73. The standard InChI is InChI=1S/C18H23NO4/c1-4-5-10-23-14-8-6-13(7-9-14)17(21)16-15(20)11-19(12(2)3)18(16)22/h6-9,12,21H,4-5,10-11H2,1-3H3/b17-16-. The highest BCUT2D eigenvalue weighted by molar-refractivity contribution is 6.28. The molecule has 2 rings (SSSR count). The van der Waals surface area contributed by atoms with Gasteiger partial charge in [0.25, 0.3) is 5.91 Å². The van der Waals surface area contributed by atoms with Crippen molar-refractivity contribution in [1.29, 1.82) is 0 Å². The average Bonchev–Trinajstić information content (AvgIpc) is 2.83. The van der Waals surface area contributed by atoms with Crippen LogP contribution in [0.3, 0.4) is 0 Å². The largest absolute Gasteiger partial charge is 0.506 e. The molecule has 0 bridgehead atoms. The first-order valence-electron chi connectivity index (χ1n) is 7.96. The molecule has 1 aliphatic heterocycles. The van der Waals surface area contributed by atoms with E-state index < -0.39 is 5.91 Å². The minimum atomic E-state index is -0.411. The molecule has 124 valence electrons. The first-order chi connectivity index (χ1) is 11.0. The van der Waals surface area contributed by atoms with Gasteiger partial charge in [-0.05, 0) is 44.5 Å². The van der Waals surface area contributed by atoms with Gasteiger partial charge in [-0.2, -0.15) is 0 Å². The Kier molecular flexibility index (Phi) is 5.42. The van der Waals surface area contributed by atoms with Gasteiger partial charge in [0, 0.05) is 11.6 Å². The number of carbonyl (C=O) groups excluding carboxylic acids is 2. The Morgan fingerprint density at radius 1 is 1.26 bits per heavy atom. The molecule has 0 spiro atoms. The van der Waals surface area contributed by atoms with Gasteiger partial charge in [0.05, 0.1) is 13.2 Å². The number of likely N-dealkylation sites (tertiary alicyclic amines) is 1. The molecular formula is C18H23NO4. The molecule has 1 N–H and O–H groups in total. The number of hydrogen-bond acceptors (Lipinski definition) is 4. The van der Waals surface area contributed by atoms with Crippen molar-refractivity contribution in [3.8, 4) is 5.75 Å². The lowest BCUT2D eigenvalue weighted by Gasteiger charge is -2.18. The molecule has 1 aromatic carbocycles. The number of Topliss-reactive ketones (excluding diaryl/α,β-unsaturated/α-hetero) is 1. The minimum Gasteiger partial charge on any atom is -0.506 e. The maximum absolute atomic E-state index is 12.3. The van der Waals surface area contributed by atoms with Crippen molar-refractivity contribution in [2.24, 2.45) is 0 Å². The summed E-state index contributed by atoms with van der Waals surface area (Å²) in [6.45, 7) is 6.44. The lowest BCUT2D eigenvalue weighted by atomic mass is 10.1. The molecule has 0 saturated carbocycles. The first-order valence-corrected chi connectivity index (χ1v) is 7.96. The topological polar surface area (TPSA) is 66.8 Å². The molecule has 0 unspecified atom stereocenters. The van der Waals surface area contributed by atoms with Crippen molar-refractivity contribution in [1.82, 2.24) is 4.90 Å². The molecule has 0 atom stereocenters. The molecule has 0 aliphatic carbocycles. The van der Waals surface area contributed by atoms with Gasteiger partial charge in [-0.25, -0.2) is 0 Å². The predicted molar refractivity (Wildman–Crippen MR) is 88.2 cm³/mol. The number of rotatable bonds is 6. The summed E-state index contributed by atoms with van der Waals surface area (Å²) in [5.41, 5.74) is 0.313. The Bertz CT molecular complexity index is 616. The van der Waals surface area contributed by atoms with Crippen LogP contribution in [0.25, 0.3) is 5.76 Å². The van der Waals surface area contributed by atoms with E-state index in [1.165, 1.54) is 4.90 Å². The van der Waals surface area contributed by atoms with Crippen LogP contribution in [-0.4, -0.2) is 40.9 Å². The fourth-order valence-electron chi connectivity index (χ4n) is 2.41. The zero-order valence-electron chi connectivity index (χ0n) is 13.8. The van der Waals surface area contributed by atoms with Gasteiger partial charge in [0.1, 0.15) is 17.1 Å². The Morgan fingerprint density at radius 3 is 2.43 bits per heavy atom. The second-order valence-electron chi connectivity index (χ2n) is 5.90. The summed E-state index contributed by atoms with van der Waals surface area (Å²) >= 11 is 0. The van der Waals surface area contributed by atoms with Crippen LogP contribution in [0.4, 0.5) is 0 Å². The molecule has 1 heterocycles. The van der Waals surface area contributed by atoms with Crippen LogP contribution >= 0.6 is 0 Å². The van der Waals surface area contributed by atoms with Crippen LogP contribution in [0, 0.1) is 0 Å². The van der Waals surface area contributed by atoms with Crippen LogP contribution < -0.4 is 4.74 Å². The van der Waals surface area contributed by atoms with Crippen molar-refractivity contribution in [2.75, 3.05) is 13.2 Å². The SMILES string of the molecule is CCCCOc1ccc(/C(O)=C2\C(=O)CN(C(C)C)C2=O)cc1. The molecule has 23 heavy (non-hydrogen) atoms. The van der Waals surface area contributed by atoms with E-state index in [1.807, 2.05) is 13.8 Å². The Balaban J connectivity index is 2.20. The minimum absolute atomic E-state index is 0.0219. The van der Waals surface area contributed by atoms with Gasteiger partial charge in [0.2, 0.25) is 0 Å². The Morgan fingerprint density at radius 2 is 1.91 bits per heavy atom. The van der Waals surface area contributed by atoms with Crippen LogP contribution in [-0.2, 0) is 9.59 Å². The van der Waals surface area contributed by atoms with E-state index in [-0.39, 0.29) is 29.7 Å². The number of aliphatic hydroxyl groups excluding tert-OH is 1. The number of hydrogen-bond donors (Lipinski definition) is 1. The first kappa shape index (κ1) is 17.1. The van der Waals surface area contributed by atoms with E-state index in [0.717, 1.165) is 12.8 Å². The molecule has 1 aliphatic rings. The van der Waals surface area contributed by atoms with E-state index in [1.54, 1.807) is 24.3 Å². The summed E-state index contributed by atoms with van der Waals surface area (Å²) < 4.78 is 5.56. The summed E-state index contributed by atoms with van der Waals surface area (Å²) in [4.78, 5) is 25.8. The van der Waals surface area contributed by atoms with Crippen LogP contribution in [0.2, 0.25) is 0 Å². The average molecular weight is 317 g/mol. The molecule has 5 nitrogen and oxygen atoms in total. The van der Waals surface area contributed by atoms with E-state index in [0.29, 0.717) is 17.9 Å². The van der Waals surface area contributed by atoms with Gasteiger partial charge in [-0.3, -0.25) is 9.59 Å². The van der Waals surface area contributed by atoms with Crippen LogP contribution in [0.5, 0.6) is 5.75 Å². The van der Waals surface area contributed by atoms with Crippen molar-refractivity contribution in [3.05, 3.63) is 35.4 Å². The van der Waals surface area contributed by atoms with Crippen molar-refractivity contribution < 1.29 is 19.4 Å². The van der Waals surface area contributed by atoms with Crippen molar-refractivity contribution in [3.63, 3.8) is 0 Å². The monoisotopic (exact) mass is 317 g/mol. The number of amides is 1. The molecular weight excluding hydrogens is 294 g/mol. The fourth-order valence-corrected chi connectivity index (χ4v) is 2.41. The highest BCUT2D eigenvalue weighted by Crippen LogP contribution is 2.26. The van der Waals surface area contributed by atoms with Gasteiger partial charge < -0.3 is 14.7 Å². The summed E-state index contributed by atoms with van der Waals surface area (Å²) in [6.07, 6.45) is 2.03. The van der Waals surface area contributed by atoms with Crippen molar-refractivity contribution >= 4 is 17.4 Å². The predicted octanol–water partition coefficient (Wildman–Crippen LogP) is 2.95. The van der Waals surface area contributed by atoms with E-state index in [9.17, 15) is 14.7 Å². The summed E-state index contributed by atoms with van der Waals surface area (Å²) in [6, 6.07) is 6.69. The maximum atomic E-state index is 12.3. The smallest absolute Gasteiger partial charge is 0.262 e. The second-order valence-corrected chi connectivity index (χ2v) is 5.90. The molecule has 1 amide bonds. The number of ether oxygens (including phenoxy) is 1. The fraction of sp³-hybridized carbons (Fsp3) is 0.444. The van der Waals surface area contributed by atoms with Crippen molar-refractivity contribution in [2.45, 2.75) is 39.7 Å². The van der Waals surface area contributed by atoms with Crippen LogP contribution in [0.1, 0.15) is 39.2 Å². The van der Waals surface area contributed by atoms with E-state index >= 15 is 0 Å². The third-order valence-electron chi connectivity index (χ3n) is 3.82. The number of carbonyl (C=O) groups is 2. The maximum Gasteiger partial charge on any atom is 0.262 e. The highest BCUT2D eigenvalue weighted by Gasteiger charge is 2.37. The number of nitrogens with zero attached hydrogens (tertiary/aromatic N) is 1. The summed E-state index contributed by atoms with van der Waals surface area (Å²) in [7, 11) is 0. The molecule has 1 saturated heterocycles. The Labute approximate surface area is 136 Å².